The Morgan fingerprint density at radius 1 is 1.06 bits per heavy atom. The van der Waals surface area contributed by atoms with Crippen LogP contribution in [-0.2, 0) is 9.59 Å². The second-order valence-corrected chi connectivity index (χ2v) is 2.98. The van der Waals surface area contributed by atoms with Crippen LogP contribution in [0.3, 0.4) is 0 Å². The number of aliphatic carboxylic acids is 1. The Morgan fingerprint density at radius 3 is 2.25 bits per heavy atom. The minimum atomic E-state index is -1.53. The quantitative estimate of drug-likeness (QED) is 0.596. The smallest absolute Gasteiger partial charge is 0.371 e. The van der Waals surface area contributed by atoms with E-state index < -0.39 is 17.5 Å². The SMILES string of the molecule is O=C(/C=C/c1ccccc1)/C=C(/O)C(=O)O. The van der Waals surface area contributed by atoms with Crippen LogP contribution >= 0.6 is 0 Å². The third kappa shape index (κ3) is 3.79. The van der Waals surface area contributed by atoms with Crippen LogP contribution in [0.25, 0.3) is 6.08 Å². The summed E-state index contributed by atoms with van der Waals surface area (Å²) >= 11 is 0. The third-order valence-electron chi connectivity index (χ3n) is 1.74. The molecular weight excluding hydrogens is 208 g/mol. The monoisotopic (exact) mass is 218 g/mol. The molecular formula is C12H10O4. The van der Waals surface area contributed by atoms with Crippen LogP contribution in [0.2, 0.25) is 0 Å². The number of aliphatic hydroxyl groups is 1. The Kier molecular flexibility index (Phi) is 4.03. The van der Waals surface area contributed by atoms with Gasteiger partial charge in [-0.05, 0) is 11.6 Å². The molecule has 0 saturated heterocycles. The summed E-state index contributed by atoms with van der Waals surface area (Å²) in [5, 5.41) is 17.1. The summed E-state index contributed by atoms with van der Waals surface area (Å²) in [5.41, 5.74) is 0.819. The van der Waals surface area contributed by atoms with Gasteiger partial charge in [-0.15, -0.1) is 0 Å². The topological polar surface area (TPSA) is 74.6 Å². The molecule has 0 aliphatic heterocycles. The first-order chi connectivity index (χ1) is 7.59. The molecule has 0 fully saturated rings. The molecule has 1 aromatic carbocycles. The van der Waals surface area contributed by atoms with E-state index in [1.165, 1.54) is 12.2 Å². The lowest BCUT2D eigenvalue weighted by atomic mass is 10.2. The first kappa shape index (κ1) is 11.7. The van der Waals surface area contributed by atoms with Crippen molar-refractivity contribution in [1.82, 2.24) is 0 Å². The van der Waals surface area contributed by atoms with E-state index in [0.29, 0.717) is 6.08 Å². The van der Waals surface area contributed by atoms with Crippen molar-refractivity contribution in [3.05, 3.63) is 53.8 Å². The minimum Gasteiger partial charge on any atom is -0.502 e. The van der Waals surface area contributed by atoms with Gasteiger partial charge in [0.05, 0.1) is 0 Å². The van der Waals surface area contributed by atoms with Gasteiger partial charge < -0.3 is 10.2 Å². The highest BCUT2D eigenvalue weighted by Crippen LogP contribution is 2.01. The van der Waals surface area contributed by atoms with Crippen LogP contribution in [0.15, 0.2) is 48.2 Å². The van der Waals surface area contributed by atoms with E-state index in [1.807, 2.05) is 18.2 Å². The van der Waals surface area contributed by atoms with E-state index in [0.717, 1.165) is 5.56 Å². The zero-order valence-corrected chi connectivity index (χ0v) is 8.33. The van der Waals surface area contributed by atoms with Crippen molar-refractivity contribution in [3.8, 4) is 0 Å². The summed E-state index contributed by atoms with van der Waals surface area (Å²) in [7, 11) is 0. The second-order valence-electron chi connectivity index (χ2n) is 2.98. The maximum absolute atomic E-state index is 11.1. The lowest BCUT2D eigenvalue weighted by Gasteiger charge is -1.91. The molecule has 0 amide bonds. The van der Waals surface area contributed by atoms with E-state index in [-0.39, 0.29) is 0 Å². The van der Waals surface area contributed by atoms with E-state index in [2.05, 4.69) is 0 Å². The number of benzene rings is 1. The van der Waals surface area contributed by atoms with E-state index in [9.17, 15) is 9.59 Å². The fraction of sp³-hybridized carbons (Fsp3) is 0. The number of ketones is 1. The van der Waals surface area contributed by atoms with Gasteiger partial charge >= 0.3 is 5.97 Å². The van der Waals surface area contributed by atoms with Crippen molar-refractivity contribution in [2.24, 2.45) is 0 Å². The van der Waals surface area contributed by atoms with Gasteiger partial charge in [0.1, 0.15) is 0 Å². The van der Waals surface area contributed by atoms with E-state index >= 15 is 0 Å². The third-order valence-corrected chi connectivity index (χ3v) is 1.74. The summed E-state index contributed by atoms with van der Waals surface area (Å²) in [5.74, 6) is -3.08. The average molecular weight is 218 g/mol. The van der Waals surface area contributed by atoms with Gasteiger partial charge in [0.25, 0.3) is 0 Å². The molecule has 0 aromatic heterocycles. The Balaban J connectivity index is 2.69. The standard InChI is InChI=1S/C12H10O4/c13-10(8-11(14)12(15)16)7-6-9-4-2-1-3-5-9/h1-8,14H,(H,15,16)/b7-6+,11-8+. The lowest BCUT2D eigenvalue weighted by molar-refractivity contribution is -0.135. The Bertz CT molecular complexity index is 443. The molecule has 0 aliphatic carbocycles. The highest BCUT2D eigenvalue weighted by atomic mass is 16.4. The predicted octanol–water partition coefficient (Wildman–Crippen LogP) is 1.80. The number of rotatable bonds is 4. The number of carboxylic acids is 1. The van der Waals surface area contributed by atoms with Crippen molar-refractivity contribution in [2.45, 2.75) is 0 Å². The molecule has 0 heterocycles. The summed E-state index contributed by atoms with van der Waals surface area (Å²) in [4.78, 5) is 21.4. The maximum Gasteiger partial charge on any atom is 0.371 e. The first-order valence-corrected chi connectivity index (χ1v) is 4.50. The number of hydrogen-bond donors (Lipinski definition) is 2. The zero-order valence-electron chi connectivity index (χ0n) is 8.33. The predicted molar refractivity (Wildman–Crippen MR) is 58.8 cm³/mol. The normalized spacial score (nSPS) is 11.6. The van der Waals surface area contributed by atoms with Crippen molar-refractivity contribution in [3.63, 3.8) is 0 Å². The fourth-order valence-electron chi connectivity index (χ4n) is 0.987. The summed E-state index contributed by atoms with van der Waals surface area (Å²) in [6, 6.07) is 9.06. The summed E-state index contributed by atoms with van der Waals surface area (Å²) < 4.78 is 0. The van der Waals surface area contributed by atoms with Gasteiger partial charge in [0, 0.05) is 6.08 Å². The van der Waals surface area contributed by atoms with Crippen LogP contribution in [0.4, 0.5) is 0 Å². The Morgan fingerprint density at radius 2 is 1.69 bits per heavy atom. The van der Waals surface area contributed by atoms with Gasteiger partial charge in [0.15, 0.2) is 5.78 Å². The maximum atomic E-state index is 11.1. The number of carbonyl (C=O) groups is 2. The molecule has 0 unspecified atom stereocenters. The van der Waals surface area contributed by atoms with Crippen LogP contribution in [0, 0.1) is 0 Å². The van der Waals surface area contributed by atoms with E-state index in [1.54, 1.807) is 12.1 Å². The molecule has 0 aliphatic rings. The highest BCUT2D eigenvalue weighted by Gasteiger charge is 2.04. The molecule has 0 radical (unpaired) electrons. The van der Waals surface area contributed by atoms with Crippen molar-refractivity contribution >= 4 is 17.8 Å². The number of allylic oxidation sites excluding steroid dienone is 2. The van der Waals surface area contributed by atoms with Crippen LogP contribution in [0.1, 0.15) is 5.56 Å². The molecule has 82 valence electrons. The van der Waals surface area contributed by atoms with Gasteiger partial charge in [-0.2, -0.15) is 0 Å². The van der Waals surface area contributed by atoms with Crippen molar-refractivity contribution in [2.75, 3.05) is 0 Å². The molecule has 1 rings (SSSR count). The van der Waals surface area contributed by atoms with Crippen molar-refractivity contribution < 1.29 is 19.8 Å². The lowest BCUT2D eigenvalue weighted by Crippen LogP contribution is -2.01. The molecule has 0 saturated carbocycles. The molecule has 2 N–H and O–H groups in total. The molecule has 0 atom stereocenters. The number of carboxylic acid groups (broad SMARTS) is 1. The molecule has 4 nitrogen and oxygen atoms in total. The Labute approximate surface area is 92.2 Å². The number of carbonyl (C=O) groups excluding carboxylic acids is 1. The van der Waals surface area contributed by atoms with Crippen LogP contribution in [0.5, 0.6) is 0 Å². The van der Waals surface area contributed by atoms with Gasteiger partial charge in [-0.3, -0.25) is 4.79 Å². The summed E-state index contributed by atoms with van der Waals surface area (Å²) in [6.07, 6.45) is 3.38. The Hall–Kier alpha value is -2.36. The molecule has 0 bridgehead atoms. The average Bonchev–Trinajstić information content (AvgIpc) is 2.27. The fourth-order valence-corrected chi connectivity index (χ4v) is 0.987. The van der Waals surface area contributed by atoms with Gasteiger partial charge in [-0.25, -0.2) is 4.79 Å². The molecule has 1 aromatic rings. The second kappa shape index (κ2) is 5.50. The molecule has 16 heavy (non-hydrogen) atoms. The van der Waals surface area contributed by atoms with Gasteiger partial charge in [0.2, 0.25) is 5.76 Å². The van der Waals surface area contributed by atoms with Crippen molar-refractivity contribution in [1.29, 1.82) is 0 Å². The van der Waals surface area contributed by atoms with Gasteiger partial charge in [-0.1, -0.05) is 36.4 Å². The van der Waals surface area contributed by atoms with E-state index in [4.69, 9.17) is 10.2 Å². The zero-order chi connectivity index (χ0) is 12.0. The molecule has 4 heteroatoms. The first-order valence-electron chi connectivity index (χ1n) is 4.50. The molecule has 0 spiro atoms. The highest BCUT2D eigenvalue weighted by molar-refractivity contribution is 6.05. The number of hydrogen-bond acceptors (Lipinski definition) is 3. The van der Waals surface area contributed by atoms with Crippen LogP contribution < -0.4 is 0 Å². The van der Waals surface area contributed by atoms with Crippen LogP contribution in [-0.4, -0.2) is 22.0 Å². The number of aliphatic hydroxyl groups excluding tert-OH is 1. The largest absolute Gasteiger partial charge is 0.502 e. The summed E-state index contributed by atoms with van der Waals surface area (Å²) in [6.45, 7) is 0. The minimum absolute atomic E-state index is 0.580.